The molecule has 3 nitrogen and oxygen atoms in total. The maximum atomic E-state index is 13.6. The maximum absolute atomic E-state index is 13.6. The average molecular weight is 298 g/mol. The summed E-state index contributed by atoms with van der Waals surface area (Å²) in [5.74, 6) is -1.82. The molecule has 1 N–H and O–H groups in total. The number of aryl methyl sites for hydroxylation is 1. The van der Waals surface area contributed by atoms with Crippen LogP contribution in [0.5, 0.6) is 0 Å². The topological polar surface area (TPSA) is 42.0 Å². The van der Waals surface area contributed by atoms with Gasteiger partial charge in [-0.1, -0.05) is 18.2 Å². The van der Waals surface area contributed by atoms with E-state index in [0.717, 1.165) is 18.2 Å². The van der Waals surface area contributed by atoms with Crippen molar-refractivity contribution in [2.45, 2.75) is 6.92 Å². The van der Waals surface area contributed by atoms with Gasteiger partial charge >= 0.3 is 0 Å². The number of nitrogens with zero attached hydrogens (tertiary/aromatic N) is 1. The van der Waals surface area contributed by atoms with E-state index in [4.69, 9.17) is 0 Å². The van der Waals surface area contributed by atoms with Crippen molar-refractivity contribution in [2.75, 3.05) is 5.32 Å². The van der Waals surface area contributed by atoms with Crippen LogP contribution in [0.2, 0.25) is 0 Å². The zero-order chi connectivity index (χ0) is 15.7. The second kappa shape index (κ2) is 5.52. The van der Waals surface area contributed by atoms with Crippen LogP contribution in [-0.4, -0.2) is 10.9 Å². The lowest BCUT2D eigenvalue weighted by Gasteiger charge is -2.09. The highest BCUT2D eigenvalue weighted by Gasteiger charge is 2.14. The number of carbonyl (C=O) groups excluding carboxylic acids is 1. The van der Waals surface area contributed by atoms with Gasteiger partial charge in [0.2, 0.25) is 0 Å². The van der Waals surface area contributed by atoms with Crippen molar-refractivity contribution in [1.29, 1.82) is 0 Å². The van der Waals surface area contributed by atoms with Crippen LogP contribution in [0, 0.1) is 18.6 Å². The first-order valence-corrected chi connectivity index (χ1v) is 6.67. The molecule has 3 aromatic rings. The summed E-state index contributed by atoms with van der Waals surface area (Å²) in [5.41, 5.74) is 1.52. The summed E-state index contributed by atoms with van der Waals surface area (Å²) in [5, 5.41) is 3.06. The summed E-state index contributed by atoms with van der Waals surface area (Å²) in [4.78, 5) is 16.8. The number of fused-ring (bicyclic) bond motifs is 1. The number of hydrogen-bond donors (Lipinski definition) is 1. The van der Waals surface area contributed by atoms with Gasteiger partial charge in [-0.15, -0.1) is 0 Å². The van der Waals surface area contributed by atoms with Gasteiger partial charge in [-0.2, -0.15) is 0 Å². The van der Waals surface area contributed by atoms with Crippen LogP contribution in [0.1, 0.15) is 16.1 Å². The third-order valence-electron chi connectivity index (χ3n) is 3.27. The Labute approximate surface area is 125 Å². The molecule has 1 amide bonds. The zero-order valence-corrected chi connectivity index (χ0v) is 11.7. The second-order valence-electron chi connectivity index (χ2n) is 4.91. The Bertz CT molecular complexity index is 878. The molecule has 0 spiro atoms. The lowest BCUT2D eigenvalue weighted by molar-refractivity contribution is 0.102. The fourth-order valence-corrected chi connectivity index (χ4v) is 2.28. The summed E-state index contributed by atoms with van der Waals surface area (Å²) >= 11 is 0. The number of aromatic nitrogens is 1. The minimum atomic E-state index is -0.690. The van der Waals surface area contributed by atoms with Gasteiger partial charge in [0.25, 0.3) is 5.91 Å². The lowest BCUT2D eigenvalue weighted by atomic mass is 10.1. The van der Waals surface area contributed by atoms with Crippen LogP contribution in [0.3, 0.4) is 0 Å². The number of pyridine rings is 1. The highest BCUT2D eigenvalue weighted by atomic mass is 19.1. The lowest BCUT2D eigenvalue weighted by Crippen LogP contribution is -2.14. The van der Waals surface area contributed by atoms with E-state index < -0.39 is 17.5 Å². The van der Waals surface area contributed by atoms with Crippen molar-refractivity contribution in [3.63, 3.8) is 0 Å². The normalized spacial score (nSPS) is 10.7. The third-order valence-corrected chi connectivity index (χ3v) is 3.27. The van der Waals surface area contributed by atoms with Gasteiger partial charge in [-0.3, -0.25) is 9.78 Å². The molecular weight excluding hydrogens is 286 g/mol. The third kappa shape index (κ3) is 2.65. The number of carbonyl (C=O) groups is 1. The van der Waals surface area contributed by atoms with Crippen LogP contribution in [0.15, 0.2) is 48.5 Å². The predicted molar refractivity (Wildman–Crippen MR) is 80.8 cm³/mol. The highest BCUT2D eigenvalue weighted by Crippen LogP contribution is 2.21. The number of hydrogen-bond acceptors (Lipinski definition) is 2. The number of amides is 1. The van der Waals surface area contributed by atoms with Crippen molar-refractivity contribution in [3.05, 3.63) is 71.4 Å². The zero-order valence-electron chi connectivity index (χ0n) is 11.7. The second-order valence-corrected chi connectivity index (χ2v) is 4.91. The molecule has 0 atom stereocenters. The monoisotopic (exact) mass is 298 g/mol. The fourth-order valence-electron chi connectivity index (χ4n) is 2.28. The summed E-state index contributed by atoms with van der Waals surface area (Å²) in [7, 11) is 0. The smallest absolute Gasteiger partial charge is 0.256 e. The minimum Gasteiger partial charge on any atom is -0.319 e. The van der Waals surface area contributed by atoms with Gasteiger partial charge < -0.3 is 5.32 Å². The molecule has 0 aliphatic heterocycles. The number of nitrogens with one attached hydrogen (secondary N) is 1. The molecule has 1 aromatic heterocycles. The Hall–Kier alpha value is -2.82. The summed E-state index contributed by atoms with van der Waals surface area (Å²) in [6.45, 7) is 1.77. The molecule has 0 radical (unpaired) electrons. The molecule has 3 rings (SSSR count). The van der Waals surface area contributed by atoms with E-state index in [1.807, 2.05) is 6.07 Å². The van der Waals surface area contributed by atoms with E-state index in [2.05, 4.69) is 10.3 Å². The Morgan fingerprint density at radius 1 is 1.09 bits per heavy atom. The van der Waals surface area contributed by atoms with E-state index in [9.17, 15) is 13.6 Å². The van der Waals surface area contributed by atoms with Crippen molar-refractivity contribution in [1.82, 2.24) is 4.98 Å². The predicted octanol–water partition coefficient (Wildman–Crippen LogP) is 4.07. The first kappa shape index (κ1) is 14.1. The molecule has 0 aliphatic rings. The van der Waals surface area contributed by atoms with Gasteiger partial charge in [0.1, 0.15) is 11.6 Å². The molecule has 110 valence electrons. The van der Waals surface area contributed by atoms with Gasteiger partial charge in [0.05, 0.1) is 16.8 Å². The number of para-hydroxylation sites is 1. The van der Waals surface area contributed by atoms with Crippen molar-refractivity contribution >= 4 is 22.5 Å². The fraction of sp³-hybridized carbons (Fsp3) is 0.0588. The number of rotatable bonds is 2. The first-order chi connectivity index (χ1) is 10.5. The SMILES string of the molecule is Cc1cc(C(=O)Nc2cc(F)ccc2F)c2ccccc2n1. The Balaban J connectivity index is 2.04. The van der Waals surface area contributed by atoms with E-state index in [0.29, 0.717) is 22.2 Å². The van der Waals surface area contributed by atoms with E-state index in [-0.39, 0.29) is 5.69 Å². The number of halogens is 2. The van der Waals surface area contributed by atoms with Crippen LogP contribution >= 0.6 is 0 Å². The summed E-state index contributed by atoms with van der Waals surface area (Å²) < 4.78 is 26.8. The highest BCUT2D eigenvalue weighted by molar-refractivity contribution is 6.12. The standard InChI is InChI=1S/C17H12F2N2O/c1-10-8-13(12-4-2-3-5-15(12)20-10)17(22)21-16-9-11(18)6-7-14(16)19/h2-9H,1H3,(H,21,22). The molecule has 0 saturated carbocycles. The van der Waals surface area contributed by atoms with Crippen LogP contribution in [-0.2, 0) is 0 Å². The first-order valence-electron chi connectivity index (χ1n) is 6.67. The maximum Gasteiger partial charge on any atom is 0.256 e. The summed E-state index contributed by atoms with van der Waals surface area (Å²) in [6, 6.07) is 11.7. The van der Waals surface area contributed by atoms with Crippen LogP contribution < -0.4 is 5.32 Å². The van der Waals surface area contributed by atoms with Gasteiger partial charge in [-0.05, 0) is 31.2 Å². The molecular formula is C17H12F2N2O. The van der Waals surface area contributed by atoms with Crippen molar-refractivity contribution in [3.8, 4) is 0 Å². The Morgan fingerprint density at radius 3 is 2.68 bits per heavy atom. The number of anilines is 1. The van der Waals surface area contributed by atoms with Gasteiger partial charge in [-0.25, -0.2) is 8.78 Å². The molecule has 2 aromatic carbocycles. The Kier molecular flexibility index (Phi) is 3.55. The minimum absolute atomic E-state index is 0.191. The van der Waals surface area contributed by atoms with Crippen molar-refractivity contribution in [2.24, 2.45) is 0 Å². The molecule has 0 fully saturated rings. The van der Waals surface area contributed by atoms with Gasteiger partial charge in [0.15, 0.2) is 0 Å². The molecule has 1 heterocycles. The number of benzene rings is 2. The van der Waals surface area contributed by atoms with Gasteiger partial charge in [0, 0.05) is 17.1 Å². The molecule has 5 heteroatoms. The largest absolute Gasteiger partial charge is 0.319 e. The summed E-state index contributed by atoms with van der Waals surface area (Å²) in [6.07, 6.45) is 0. The van der Waals surface area contributed by atoms with E-state index >= 15 is 0 Å². The molecule has 22 heavy (non-hydrogen) atoms. The average Bonchev–Trinajstić information content (AvgIpc) is 2.50. The molecule has 0 aliphatic carbocycles. The molecule has 0 saturated heterocycles. The van der Waals surface area contributed by atoms with E-state index in [1.165, 1.54) is 0 Å². The van der Waals surface area contributed by atoms with Crippen molar-refractivity contribution < 1.29 is 13.6 Å². The Morgan fingerprint density at radius 2 is 1.86 bits per heavy atom. The van der Waals surface area contributed by atoms with Crippen LogP contribution in [0.25, 0.3) is 10.9 Å². The molecule has 0 bridgehead atoms. The molecule has 0 unspecified atom stereocenters. The van der Waals surface area contributed by atoms with Crippen LogP contribution in [0.4, 0.5) is 14.5 Å². The quantitative estimate of drug-likeness (QED) is 0.774. The van der Waals surface area contributed by atoms with E-state index in [1.54, 1.807) is 31.2 Å².